The molecule has 4 aromatic heterocycles. The highest BCUT2D eigenvalue weighted by Gasteiger charge is 2.20. The van der Waals surface area contributed by atoms with Crippen molar-refractivity contribution in [1.29, 1.82) is 0 Å². The second-order valence-corrected chi connectivity index (χ2v) is 9.25. The van der Waals surface area contributed by atoms with Gasteiger partial charge >= 0.3 is 0 Å². The van der Waals surface area contributed by atoms with Crippen LogP contribution in [0.4, 0.5) is 30.4 Å². The standard InChI is InChI=1S/C26H24F3N9O/c1-15-9-21(25(28)29)35-38(15)26-16(5-8-39)3-4-24(33-26)37-14-30-20-12-19(18(27)11-22(20)37)32-23-10-17(13-31-34-23)36-6-2-7-36/h3-4,9-14,25,39H,2,5-8H2,1H3,(H,32,34). The number of benzene rings is 1. The molecule has 1 aliphatic heterocycles. The molecular formula is C26H24F3N9O. The van der Waals surface area contributed by atoms with Crippen LogP contribution in [0.3, 0.4) is 0 Å². The van der Waals surface area contributed by atoms with E-state index in [0.29, 0.717) is 39.7 Å². The normalized spacial score (nSPS) is 13.3. The first-order chi connectivity index (χ1) is 18.9. The molecule has 0 saturated carbocycles. The van der Waals surface area contributed by atoms with E-state index in [0.717, 1.165) is 25.2 Å². The van der Waals surface area contributed by atoms with E-state index in [9.17, 15) is 13.9 Å². The number of imidazole rings is 1. The van der Waals surface area contributed by atoms with E-state index < -0.39 is 12.2 Å². The number of pyridine rings is 1. The average Bonchev–Trinajstić information content (AvgIpc) is 3.47. The van der Waals surface area contributed by atoms with Gasteiger partial charge in [0.1, 0.15) is 23.7 Å². The van der Waals surface area contributed by atoms with Crippen LogP contribution in [-0.4, -0.2) is 59.3 Å². The fourth-order valence-corrected chi connectivity index (χ4v) is 4.53. The maximum absolute atomic E-state index is 15.3. The number of nitrogens with zero attached hydrogens (tertiary/aromatic N) is 8. The summed E-state index contributed by atoms with van der Waals surface area (Å²) >= 11 is 0. The van der Waals surface area contributed by atoms with Crippen molar-refractivity contribution >= 4 is 28.2 Å². The van der Waals surface area contributed by atoms with Crippen molar-refractivity contribution in [3.05, 3.63) is 71.7 Å². The Balaban J connectivity index is 1.36. The molecule has 1 fully saturated rings. The van der Waals surface area contributed by atoms with Crippen LogP contribution in [0.1, 0.15) is 29.8 Å². The topological polar surface area (TPSA) is 110 Å². The molecule has 5 aromatic rings. The first kappa shape index (κ1) is 24.8. The monoisotopic (exact) mass is 535 g/mol. The van der Waals surface area contributed by atoms with Crippen LogP contribution in [0.25, 0.3) is 22.7 Å². The Bertz CT molecular complexity index is 1660. The SMILES string of the molecule is Cc1cc(C(F)F)nn1-c1nc(-n2cnc3cc(Nc4cc(N5CCC5)cnn4)c(F)cc32)ccc1CCO. The minimum atomic E-state index is -2.73. The quantitative estimate of drug-likeness (QED) is 0.303. The maximum atomic E-state index is 15.3. The Labute approximate surface area is 220 Å². The molecule has 0 radical (unpaired) electrons. The lowest BCUT2D eigenvalue weighted by molar-refractivity contribution is 0.145. The summed E-state index contributed by atoms with van der Waals surface area (Å²) in [4.78, 5) is 11.2. The molecule has 1 saturated heterocycles. The van der Waals surface area contributed by atoms with Gasteiger partial charge in [0, 0.05) is 37.5 Å². The average molecular weight is 536 g/mol. The van der Waals surface area contributed by atoms with E-state index in [2.05, 4.69) is 35.5 Å². The number of aliphatic hydroxyl groups is 1. The lowest BCUT2D eigenvalue weighted by Gasteiger charge is -2.32. The number of aryl methyl sites for hydroxylation is 1. The first-order valence-electron chi connectivity index (χ1n) is 12.4. The third-order valence-corrected chi connectivity index (χ3v) is 6.66. The van der Waals surface area contributed by atoms with Gasteiger partial charge in [0.15, 0.2) is 11.6 Å². The molecule has 200 valence electrons. The highest BCUT2D eigenvalue weighted by molar-refractivity contribution is 5.82. The van der Waals surface area contributed by atoms with Crippen LogP contribution in [0.5, 0.6) is 0 Å². The van der Waals surface area contributed by atoms with E-state index in [-0.39, 0.29) is 24.4 Å². The molecule has 1 aromatic carbocycles. The predicted molar refractivity (Wildman–Crippen MR) is 139 cm³/mol. The number of alkyl halides is 2. The molecule has 39 heavy (non-hydrogen) atoms. The number of aliphatic hydroxyl groups excluding tert-OH is 1. The van der Waals surface area contributed by atoms with E-state index in [1.54, 1.807) is 35.9 Å². The summed E-state index contributed by atoms with van der Waals surface area (Å²) in [6.45, 7) is 3.40. The van der Waals surface area contributed by atoms with E-state index >= 15 is 4.39 Å². The molecule has 13 heteroatoms. The van der Waals surface area contributed by atoms with Gasteiger partial charge in [-0.2, -0.15) is 10.2 Å². The summed E-state index contributed by atoms with van der Waals surface area (Å²) in [7, 11) is 0. The van der Waals surface area contributed by atoms with E-state index in [4.69, 9.17) is 0 Å². The first-order valence-corrected chi connectivity index (χ1v) is 12.4. The van der Waals surface area contributed by atoms with Crippen LogP contribution < -0.4 is 10.2 Å². The maximum Gasteiger partial charge on any atom is 0.282 e. The fraction of sp³-hybridized carbons (Fsp3) is 0.269. The van der Waals surface area contributed by atoms with Crippen molar-refractivity contribution in [2.45, 2.75) is 26.2 Å². The summed E-state index contributed by atoms with van der Waals surface area (Å²) in [6.07, 6.45) is 1.83. The molecule has 0 unspecified atom stereocenters. The van der Waals surface area contributed by atoms with Gasteiger partial charge in [0.25, 0.3) is 6.43 Å². The summed E-state index contributed by atoms with van der Waals surface area (Å²) < 4.78 is 44.8. The van der Waals surface area contributed by atoms with Gasteiger partial charge in [-0.15, -0.1) is 5.10 Å². The van der Waals surface area contributed by atoms with Crippen LogP contribution in [-0.2, 0) is 6.42 Å². The molecule has 0 atom stereocenters. The number of halogens is 3. The van der Waals surface area contributed by atoms with Crippen LogP contribution in [0.15, 0.2) is 48.9 Å². The van der Waals surface area contributed by atoms with Crippen LogP contribution in [0, 0.1) is 12.7 Å². The molecule has 1 aliphatic rings. The number of aromatic nitrogens is 7. The smallest absolute Gasteiger partial charge is 0.282 e. The molecule has 5 heterocycles. The third-order valence-electron chi connectivity index (χ3n) is 6.66. The Hall–Kier alpha value is -4.52. The second kappa shape index (κ2) is 9.98. The van der Waals surface area contributed by atoms with Gasteiger partial charge in [0.2, 0.25) is 0 Å². The van der Waals surface area contributed by atoms with Crippen molar-refractivity contribution in [2.24, 2.45) is 0 Å². The molecule has 0 spiro atoms. The van der Waals surface area contributed by atoms with Crippen molar-refractivity contribution in [3.63, 3.8) is 0 Å². The van der Waals surface area contributed by atoms with Gasteiger partial charge in [0.05, 0.1) is 28.6 Å². The Kier molecular flexibility index (Phi) is 6.35. The molecule has 0 bridgehead atoms. The lowest BCUT2D eigenvalue weighted by atomic mass is 10.2. The zero-order valence-corrected chi connectivity index (χ0v) is 20.9. The number of nitrogens with one attached hydrogen (secondary N) is 1. The van der Waals surface area contributed by atoms with Crippen molar-refractivity contribution in [3.8, 4) is 11.6 Å². The number of hydrogen-bond acceptors (Lipinski definition) is 8. The Morgan fingerprint density at radius 2 is 1.97 bits per heavy atom. The number of hydrogen-bond donors (Lipinski definition) is 2. The summed E-state index contributed by atoms with van der Waals surface area (Å²) in [5.41, 5.74) is 2.79. The summed E-state index contributed by atoms with van der Waals surface area (Å²) in [5.74, 6) is 0.575. The fourth-order valence-electron chi connectivity index (χ4n) is 4.53. The third kappa shape index (κ3) is 4.65. The van der Waals surface area contributed by atoms with Crippen molar-refractivity contribution in [2.75, 3.05) is 29.9 Å². The largest absolute Gasteiger partial charge is 0.396 e. The Morgan fingerprint density at radius 3 is 2.69 bits per heavy atom. The number of rotatable bonds is 8. The zero-order valence-electron chi connectivity index (χ0n) is 20.9. The summed E-state index contributed by atoms with van der Waals surface area (Å²) in [6, 6.07) is 9.47. The van der Waals surface area contributed by atoms with Crippen LogP contribution >= 0.6 is 0 Å². The molecule has 0 amide bonds. The van der Waals surface area contributed by atoms with Crippen LogP contribution in [0.2, 0.25) is 0 Å². The molecule has 10 nitrogen and oxygen atoms in total. The van der Waals surface area contributed by atoms with Gasteiger partial charge in [-0.05, 0) is 43.5 Å². The van der Waals surface area contributed by atoms with Gasteiger partial charge in [-0.1, -0.05) is 6.07 Å². The minimum absolute atomic E-state index is 0.156. The molecule has 6 rings (SSSR count). The number of fused-ring (bicyclic) bond motifs is 1. The minimum Gasteiger partial charge on any atom is -0.396 e. The van der Waals surface area contributed by atoms with Crippen molar-refractivity contribution in [1.82, 2.24) is 34.5 Å². The summed E-state index contributed by atoms with van der Waals surface area (Å²) in [5, 5.41) is 24.6. The lowest BCUT2D eigenvalue weighted by Crippen LogP contribution is -2.37. The van der Waals surface area contributed by atoms with Crippen molar-refractivity contribution < 1.29 is 18.3 Å². The Morgan fingerprint density at radius 1 is 1.13 bits per heavy atom. The van der Waals surface area contributed by atoms with E-state index in [1.165, 1.54) is 23.1 Å². The second-order valence-electron chi connectivity index (χ2n) is 9.25. The highest BCUT2D eigenvalue weighted by Crippen LogP contribution is 2.29. The zero-order chi connectivity index (χ0) is 27.1. The molecular weight excluding hydrogens is 511 g/mol. The van der Waals surface area contributed by atoms with Gasteiger partial charge in [-0.25, -0.2) is 27.8 Å². The molecule has 2 N–H and O–H groups in total. The van der Waals surface area contributed by atoms with E-state index in [1.807, 2.05) is 6.07 Å². The number of anilines is 3. The predicted octanol–water partition coefficient (Wildman–Crippen LogP) is 4.27. The highest BCUT2D eigenvalue weighted by atomic mass is 19.3. The van der Waals surface area contributed by atoms with Gasteiger partial charge < -0.3 is 15.3 Å². The molecule has 0 aliphatic carbocycles. The van der Waals surface area contributed by atoms with Gasteiger partial charge in [-0.3, -0.25) is 4.57 Å².